The van der Waals surface area contributed by atoms with Crippen LogP contribution in [0.25, 0.3) is 11.4 Å². The van der Waals surface area contributed by atoms with E-state index in [4.69, 9.17) is 22.1 Å². The lowest BCUT2D eigenvalue weighted by molar-refractivity contribution is 0.470. The Kier molecular flexibility index (Phi) is 4.40. The van der Waals surface area contributed by atoms with Crippen LogP contribution in [0.15, 0.2) is 84.0 Å². The molecule has 2 aromatic carbocycles. The zero-order valence-corrected chi connectivity index (χ0v) is 14.9. The summed E-state index contributed by atoms with van der Waals surface area (Å²) in [7, 11) is 0. The van der Waals surface area contributed by atoms with Crippen molar-refractivity contribution >= 4 is 17.3 Å². The Morgan fingerprint density at radius 2 is 1.56 bits per heavy atom. The largest absolute Gasteiger partial charge is 0.449 e. The molecule has 0 fully saturated rings. The van der Waals surface area contributed by atoms with Crippen molar-refractivity contribution in [3.8, 4) is 22.9 Å². The molecule has 0 aliphatic heterocycles. The number of halogens is 1. The molecule has 7 heteroatoms. The van der Waals surface area contributed by atoms with Gasteiger partial charge in [0.05, 0.1) is 11.9 Å². The van der Waals surface area contributed by atoms with E-state index in [9.17, 15) is 4.79 Å². The molecule has 0 amide bonds. The number of hydrogen-bond donors (Lipinski definition) is 1. The van der Waals surface area contributed by atoms with Crippen molar-refractivity contribution < 1.29 is 4.74 Å². The first kappa shape index (κ1) is 16.9. The topological polar surface area (TPSA) is 75.1 Å². The Bertz CT molecular complexity index is 1120. The predicted octanol–water partition coefficient (Wildman–Crippen LogP) is 4.05. The lowest BCUT2D eigenvalue weighted by atomic mass is 10.3. The van der Waals surface area contributed by atoms with Gasteiger partial charge in [0.1, 0.15) is 11.4 Å². The van der Waals surface area contributed by atoms with Crippen molar-refractivity contribution in [3.05, 3.63) is 94.6 Å². The van der Waals surface area contributed by atoms with Crippen molar-refractivity contribution in [3.63, 3.8) is 0 Å². The number of rotatable bonds is 4. The normalized spacial score (nSPS) is 10.7. The van der Waals surface area contributed by atoms with Gasteiger partial charge in [-0.2, -0.15) is 9.78 Å². The minimum atomic E-state index is -0.452. The van der Waals surface area contributed by atoms with Crippen LogP contribution in [-0.4, -0.2) is 14.3 Å². The Hall–Kier alpha value is -3.51. The molecule has 0 atom stereocenters. The van der Waals surface area contributed by atoms with Crippen molar-refractivity contribution in [1.82, 2.24) is 14.3 Å². The maximum absolute atomic E-state index is 12.8. The van der Waals surface area contributed by atoms with Gasteiger partial charge in [0.25, 0.3) is 0 Å². The summed E-state index contributed by atoms with van der Waals surface area (Å²) >= 11 is 5.90. The number of aromatic nitrogens is 3. The number of ether oxygens (including phenoxy) is 1. The van der Waals surface area contributed by atoms with E-state index in [1.165, 1.54) is 10.9 Å². The highest BCUT2D eigenvalue weighted by molar-refractivity contribution is 6.30. The Morgan fingerprint density at radius 1 is 0.926 bits per heavy atom. The van der Waals surface area contributed by atoms with E-state index < -0.39 is 5.56 Å². The van der Waals surface area contributed by atoms with Crippen LogP contribution in [0, 0.1) is 0 Å². The first-order valence-electron chi connectivity index (χ1n) is 8.17. The molecule has 0 aliphatic rings. The quantitative estimate of drug-likeness (QED) is 0.581. The third kappa shape index (κ3) is 3.43. The number of nitrogen functional groups attached to an aromatic ring is 1. The molecule has 6 nitrogen and oxygen atoms in total. The van der Waals surface area contributed by atoms with Gasteiger partial charge < -0.3 is 15.0 Å². The van der Waals surface area contributed by atoms with Gasteiger partial charge in [0.15, 0.2) is 0 Å². The van der Waals surface area contributed by atoms with Crippen LogP contribution in [0.3, 0.4) is 0 Å². The molecular weight excluding hydrogens is 364 g/mol. The fourth-order valence-electron chi connectivity index (χ4n) is 2.63. The molecule has 4 rings (SSSR count). The third-order valence-corrected chi connectivity index (χ3v) is 4.24. The monoisotopic (exact) mass is 378 g/mol. The second-order valence-electron chi connectivity index (χ2n) is 5.81. The van der Waals surface area contributed by atoms with E-state index in [-0.39, 0.29) is 11.4 Å². The van der Waals surface area contributed by atoms with Gasteiger partial charge in [-0.25, -0.2) is 0 Å². The zero-order valence-electron chi connectivity index (χ0n) is 14.1. The lowest BCUT2D eigenvalue weighted by Gasteiger charge is -2.11. The lowest BCUT2D eigenvalue weighted by Crippen LogP contribution is -2.23. The minimum Gasteiger partial charge on any atom is -0.449 e. The Labute approximate surface area is 160 Å². The molecular formula is C20H15ClN4O2. The number of nitrogens with zero attached hydrogens (tertiary/aromatic N) is 3. The number of nitrogens with two attached hydrogens (primary N) is 1. The molecule has 2 aromatic heterocycles. The summed E-state index contributed by atoms with van der Waals surface area (Å²) < 4.78 is 8.95. The van der Waals surface area contributed by atoms with Crippen LogP contribution in [0.4, 0.5) is 5.69 Å². The van der Waals surface area contributed by atoms with E-state index in [0.717, 1.165) is 5.69 Å². The summed E-state index contributed by atoms with van der Waals surface area (Å²) in [6.45, 7) is 0. The van der Waals surface area contributed by atoms with Gasteiger partial charge in [0.2, 0.25) is 5.75 Å². The van der Waals surface area contributed by atoms with E-state index in [1.54, 1.807) is 36.4 Å². The van der Waals surface area contributed by atoms with Gasteiger partial charge in [0, 0.05) is 23.1 Å². The van der Waals surface area contributed by atoms with E-state index in [1.807, 2.05) is 41.2 Å². The summed E-state index contributed by atoms with van der Waals surface area (Å²) in [5, 5.41) is 4.65. The fourth-order valence-corrected chi connectivity index (χ4v) is 2.76. The number of anilines is 1. The van der Waals surface area contributed by atoms with Crippen LogP contribution < -0.4 is 16.0 Å². The smallest absolute Gasteiger partial charge is 0.316 e. The van der Waals surface area contributed by atoms with Crippen LogP contribution in [0.2, 0.25) is 5.02 Å². The molecule has 134 valence electrons. The first-order chi connectivity index (χ1) is 13.1. The molecule has 0 saturated heterocycles. The average Bonchev–Trinajstić information content (AvgIpc) is 3.21. The summed E-state index contributed by atoms with van der Waals surface area (Å²) in [6, 6.07) is 18.0. The summed E-state index contributed by atoms with van der Waals surface area (Å²) in [6.07, 6.45) is 5.28. The number of hydrogen-bond acceptors (Lipinski definition) is 4. The van der Waals surface area contributed by atoms with Crippen molar-refractivity contribution in [2.75, 3.05) is 5.73 Å². The van der Waals surface area contributed by atoms with E-state index in [0.29, 0.717) is 16.5 Å². The first-order valence-corrected chi connectivity index (χ1v) is 8.54. The molecule has 2 N–H and O–H groups in total. The number of benzene rings is 2. The van der Waals surface area contributed by atoms with E-state index >= 15 is 0 Å². The molecule has 0 saturated carbocycles. The molecule has 0 bridgehead atoms. The Morgan fingerprint density at radius 3 is 2.22 bits per heavy atom. The van der Waals surface area contributed by atoms with Gasteiger partial charge >= 0.3 is 5.56 Å². The SMILES string of the molecule is Nc1cnn(-c2ccc(Cl)cc2)c(=O)c1Oc1ccc(-n2cccc2)cc1. The summed E-state index contributed by atoms with van der Waals surface area (Å²) in [5.41, 5.74) is 7.18. The Balaban J connectivity index is 1.66. The van der Waals surface area contributed by atoms with Gasteiger partial charge in [-0.3, -0.25) is 4.79 Å². The van der Waals surface area contributed by atoms with Crippen molar-refractivity contribution in [2.24, 2.45) is 0 Å². The molecule has 0 aliphatic carbocycles. The van der Waals surface area contributed by atoms with Crippen LogP contribution >= 0.6 is 11.6 Å². The summed E-state index contributed by atoms with van der Waals surface area (Å²) in [4.78, 5) is 12.8. The maximum Gasteiger partial charge on any atom is 0.316 e. The van der Waals surface area contributed by atoms with Gasteiger partial charge in [-0.05, 0) is 60.7 Å². The standard InChI is InChI=1S/C20H15ClN4O2/c21-14-3-5-16(6-4-14)25-20(26)19(18(22)13-23-25)27-17-9-7-15(8-10-17)24-11-1-2-12-24/h1-13H,22H2. The summed E-state index contributed by atoms with van der Waals surface area (Å²) in [5.74, 6) is 0.525. The van der Waals surface area contributed by atoms with Crippen LogP contribution in [-0.2, 0) is 0 Å². The minimum absolute atomic E-state index is 0.0219. The second-order valence-corrected chi connectivity index (χ2v) is 6.25. The highest BCUT2D eigenvalue weighted by atomic mass is 35.5. The zero-order chi connectivity index (χ0) is 18.8. The predicted molar refractivity (Wildman–Crippen MR) is 105 cm³/mol. The average molecular weight is 379 g/mol. The second kappa shape index (κ2) is 7.01. The van der Waals surface area contributed by atoms with E-state index in [2.05, 4.69) is 5.10 Å². The molecule has 0 unspecified atom stereocenters. The van der Waals surface area contributed by atoms with Crippen molar-refractivity contribution in [1.29, 1.82) is 0 Å². The van der Waals surface area contributed by atoms with Gasteiger partial charge in [-0.15, -0.1) is 0 Å². The van der Waals surface area contributed by atoms with Crippen molar-refractivity contribution in [2.45, 2.75) is 0 Å². The molecule has 0 spiro atoms. The fraction of sp³-hybridized carbons (Fsp3) is 0. The molecule has 2 heterocycles. The molecule has 4 aromatic rings. The highest BCUT2D eigenvalue weighted by Gasteiger charge is 2.13. The van der Waals surface area contributed by atoms with Crippen LogP contribution in [0.1, 0.15) is 0 Å². The highest BCUT2D eigenvalue weighted by Crippen LogP contribution is 2.24. The third-order valence-electron chi connectivity index (χ3n) is 3.99. The molecule has 0 radical (unpaired) electrons. The molecule has 27 heavy (non-hydrogen) atoms. The van der Waals surface area contributed by atoms with Crippen LogP contribution in [0.5, 0.6) is 11.5 Å². The van der Waals surface area contributed by atoms with Gasteiger partial charge in [-0.1, -0.05) is 11.6 Å². The maximum atomic E-state index is 12.8.